The number of nitrogens with one attached hydrogen (secondary N) is 1. The van der Waals surface area contributed by atoms with E-state index >= 15 is 0 Å². The molecule has 1 aliphatic rings. The molecule has 2 heterocycles. The Balaban J connectivity index is 0.00000180. The van der Waals surface area contributed by atoms with Crippen LogP contribution in [0.5, 0.6) is 0 Å². The average Bonchev–Trinajstić information content (AvgIpc) is 3.17. The maximum absolute atomic E-state index is 13.7. The summed E-state index contributed by atoms with van der Waals surface area (Å²) in [5.41, 5.74) is 4.11. The van der Waals surface area contributed by atoms with Gasteiger partial charge >= 0.3 is 0 Å². The molecular weight excluding hydrogens is 561 g/mol. The van der Waals surface area contributed by atoms with E-state index in [1.54, 1.807) is 0 Å². The number of aromatic amines is 1. The Bertz CT molecular complexity index is 1340. The number of halogens is 3. The minimum atomic E-state index is 0. The van der Waals surface area contributed by atoms with Gasteiger partial charge in [0.15, 0.2) is 0 Å². The number of carbonyl (C=O) groups excluding carboxylic acids is 1. The second-order valence-electron chi connectivity index (χ2n) is 9.04. The third-order valence-corrected chi connectivity index (χ3v) is 6.69. The van der Waals surface area contributed by atoms with E-state index in [9.17, 15) is 4.79 Å². The predicted octanol–water partition coefficient (Wildman–Crippen LogP) is 5.89. The van der Waals surface area contributed by atoms with Gasteiger partial charge in [-0.1, -0.05) is 52.3 Å². The number of hydrogen-bond acceptors (Lipinski definition) is 4. The number of anilines is 1. The molecule has 1 N–H and O–H groups in total. The number of amides is 1. The fraction of sp³-hybridized carbons (Fsp3) is 0.259. The third kappa shape index (κ3) is 6.03. The Kier molecular flexibility index (Phi) is 9.41. The molecule has 190 valence electrons. The van der Waals surface area contributed by atoms with E-state index in [1.807, 2.05) is 55.5 Å². The normalized spacial score (nSPS) is 13.1. The Morgan fingerprint density at radius 2 is 1.83 bits per heavy atom. The van der Waals surface area contributed by atoms with Crippen molar-refractivity contribution >= 4 is 63.1 Å². The summed E-state index contributed by atoms with van der Waals surface area (Å²) in [5, 5.41) is 2.08. The summed E-state index contributed by atoms with van der Waals surface area (Å²) in [7, 11) is 4.07. The van der Waals surface area contributed by atoms with Gasteiger partial charge in [0.25, 0.3) is 5.91 Å². The molecule has 0 fully saturated rings. The monoisotopic (exact) mass is 589 g/mol. The first-order chi connectivity index (χ1) is 16.5. The quantitative estimate of drug-likeness (QED) is 0.315. The summed E-state index contributed by atoms with van der Waals surface area (Å²) in [6.07, 6.45) is 1.92. The van der Waals surface area contributed by atoms with Crippen molar-refractivity contribution in [3.8, 4) is 0 Å². The molecule has 1 aromatic heterocycles. The summed E-state index contributed by atoms with van der Waals surface area (Å²) in [6, 6.07) is 20.4. The molecule has 9 heteroatoms. The van der Waals surface area contributed by atoms with Crippen LogP contribution in [0.2, 0.25) is 0 Å². The molecular formula is C27H30BrCl2N5O. The van der Waals surface area contributed by atoms with Gasteiger partial charge in [0.2, 0.25) is 0 Å². The summed E-state index contributed by atoms with van der Waals surface area (Å²) in [4.78, 5) is 28.1. The van der Waals surface area contributed by atoms with Crippen molar-refractivity contribution < 1.29 is 4.79 Å². The second-order valence-corrected chi connectivity index (χ2v) is 9.96. The zero-order valence-electron chi connectivity index (χ0n) is 20.3. The van der Waals surface area contributed by atoms with Crippen molar-refractivity contribution in [1.82, 2.24) is 19.8 Å². The van der Waals surface area contributed by atoms with E-state index in [2.05, 4.69) is 66.0 Å². The first-order valence-electron chi connectivity index (χ1n) is 11.5. The lowest BCUT2D eigenvalue weighted by atomic mass is 10.0. The average molecular weight is 591 g/mol. The highest BCUT2D eigenvalue weighted by Crippen LogP contribution is 2.30. The highest BCUT2D eigenvalue weighted by Gasteiger charge is 2.25. The smallest absolute Gasteiger partial charge is 0.254 e. The predicted molar refractivity (Wildman–Crippen MR) is 154 cm³/mol. The van der Waals surface area contributed by atoms with Crippen molar-refractivity contribution in [3.63, 3.8) is 0 Å². The lowest BCUT2D eigenvalue weighted by Gasteiger charge is -2.24. The minimum Gasteiger partial charge on any atom is -0.364 e. The fourth-order valence-electron chi connectivity index (χ4n) is 4.63. The minimum absolute atomic E-state index is 0. The molecule has 1 aliphatic heterocycles. The Labute approximate surface area is 232 Å². The largest absolute Gasteiger partial charge is 0.364 e. The van der Waals surface area contributed by atoms with Crippen molar-refractivity contribution in [1.29, 1.82) is 0 Å². The van der Waals surface area contributed by atoms with E-state index in [4.69, 9.17) is 0 Å². The number of aromatic nitrogens is 2. The van der Waals surface area contributed by atoms with Crippen LogP contribution < -0.4 is 4.90 Å². The maximum atomic E-state index is 13.7. The molecule has 0 bridgehead atoms. The van der Waals surface area contributed by atoms with Gasteiger partial charge in [-0.15, -0.1) is 24.8 Å². The Hall–Kier alpha value is -2.58. The molecule has 3 aromatic carbocycles. The highest BCUT2D eigenvalue weighted by atomic mass is 79.9. The van der Waals surface area contributed by atoms with Crippen LogP contribution in [0, 0.1) is 0 Å². The number of hydrogen-bond donors (Lipinski definition) is 1. The van der Waals surface area contributed by atoms with Gasteiger partial charge in [-0.2, -0.15) is 0 Å². The molecule has 0 saturated heterocycles. The molecule has 0 aliphatic carbocycles. The van der Waals surface area contributed by atoms with E-state index < -0.39 is 0 Å². The SMILES string of the molecule is CN(C)Cc1ncc(CN2CCN(C(=O)c3cccc4ccccc34)Cc3cc(Br)ccc32)[nH]1.Cl.Cl. The first kappa shape index (κ1) is 28.0. The van der Waals surface area contributed by atoms with E-state index in [-0.39, 0.29) is 30.7 Å². The van der Waals surface area contributed by atoms with Crippen molar-refractivity contribution in [2.75, 3.05) is 32.1 Å². The van der Waals surface area contributed by atoms with Gasteiger partial charge in [-0.3, -0.25) is 4.79 Å². The molecule has 0 saturated carbocycles. The second kappa shape index (κ2) is 12.1. The number of nitrogens with zero attached hydrogens (tertiary/aromatic N) is 4. The summed E-state index contributed by atoms with van der Waals surface area (Å²) >= 11 is 3.62. The van der Waals surface area contributed by atoms with Crippen LogP contribution in [0.3, 0.4) is 0 Å². The van der Waals surface area contributed by atoms with Crippen LogP contribution in [0.25, 0.3) is 10.8 Å². The van der Waals surface area contributed by atoms with Crippen molar-refractivity contribution in [2.24, 2.45) is 0 Å². The topological polar surface area (TPSA) is 55.5 Å². The number of rotatable bonds is 5. The number of carbonyl (C=O) groups is 1. The molecule has 0 radical (unpaired) electrons. The highest BCUT2D eigenvalue weighted by molar-refractivity contribution is 9.10. The van der Waals surface area contributed by atoms with Crippen LogP contribution >= 0.6 is 40.7 Å². The van der Waals surface area contributed by atoms with E-state index in [0.717, 1.165) is 56.7 Å². The number of fused-ring (bicyclic) bond motifs is 2. The standard InChI is InChI=1S/C27H28BrN5O.2ClH/c1-31(2)18-26-29-15-22(30-26)17-32-12-13-33(16-20-14-21(28)10-11-25(20)32)27(34)24-9-5-7-19-6-3-4-8-23(19)24;;/h3-11,14-15H,12-13,16-18H2,1-2H3,(H,29,30);2*1H. The van der Waals surface area contributed by atoms with Crippen LogP contribution in [0.1, 0.15) is 27.4 Å². The number of benzene rings is 3. The van der Waals surface area contributed by atoms with Crippen LogP contribution in [-0.4, -0.2) is 52.9 Å². The van der Waals surface area contributed by atoms with Gasteiger partial charge in [-0.05, 0) is 54.7 Å². The lowest BCUT2D eigenvalue weighted by Crippen LogP contribution is -2.35. The lowest BCUT2D eigenvalue weighted by molar-refractivity contribution is 0.0753. The zero-order valence-corrected chi connectivity index (χ0v) is 23.5. The van der Waals surface area contributed by atoms with Gasteiger partial charge in [0, 0.05) is 35.4 Å². The van der Waals surface area contributed by atoms with Gasteiger partial charge in [0.05, 0.1) is 25.0 Å². The van der Waals surface area contributed by atoms with Crippen molar-refractivity contribution in [2.45, 2.75) is 19.6 Å². The molecule has 4 aromatic rings. The molecule has 1 amide bonds. The summed E-state index contributed by atoms with van der Waals surface area (Å²) in [6.45, 7) is 3.45. The molecule has 6 nitrogen and oxygen atoms in total. The zero-order chi connectivity index (χ0) is 23.7. The van der Waals surface area contributed by atoms with E-state index in [0.29, 0.717) is 19.6 Å². The molecule has 0 spiro atoms. The summed E-state index contributed by atoms with van der Waals surface area (Å²) < 4.78 is 1.01. The molecule has 0 atom stereocenters. The van der Waals surface area contributed by atoms with Gasteiger partial charge in [-0.25, -0.2) is 4.98 Å². The van der Waals surface area contributed by atoms with Crippen LogP contribution in [-0.2, 0) is 19.6 Å². The van der Waals surface area contributed by atoms with Crippen molar-refractivity contribution in [3.05, 3.63) is 94.0 Å². The van der Waals surface area contributed by atoms with Gasteiger partial charge < -0.3 is 19.7 Å². The maximum Gasteiger partial charge on any atom is 0.254 e. The van der Waals surface area contributed by atoms with Gasteiger partial charge in [0.1, 0.15) is 5.82 Å². The molecule has 0 unspecified atom stereocenters. The third-order valence-electron chi connectivity index (χ3n) is 6.20. The Morgan fingerprint density at radius 3 is 2.64 bits per heavy atom. The summed E-state index contributed by atoms with van der Waals surface area (Å²) in [5.74, 6) is 1.03. The Morgan fingerprint density at radius 1 is 1.06 bits per heavy atom. The fourth-order valence-corrected chi connectivity index (χ4v) is 5.04. The molecule has 5 rings (SSSR count). The van der Waals surface area contributed by atoms with Crippen LogP contribution in [0.4, 0.5) is 5.69 Å². The molecule has 36 heavy (non-hydrogen) atoms. The number of H-pyrrole nitrogens is 1. The first-order valence-corrected chi connectivity index (χ1v) is 12.2. The number of imidazole rings is 1. The van der Waals surface area contributed by atoms with E-state index in [1.165, 1.54) is 0 Å². The van der Waals surface area contributed by atoms with Crippen LogP contribution in [0.15, 0.2) is 71.3 Å².